The highest BCUT2D eigenvalue weighted by atomic mass is 32.2. The number of hydrogen-bond donors (Lipinski definition) is 2. The molecule has 3 N–H and O–H groups in total. The molecule has 6 nitrogen and oxygen atoms in total. The molecule has 2 rings (SSSR count). The van der Waals surface area contributed by atoms with Crippen LogP contribution in [0.2, 0.25) is 0 Å². The van der Waals surface area contributed by atoms with Crippen LogP contribution in [0.15, 0.2) is 53.4 Å². The molecule has 0 saturated carbocycles. The summed E-state index contributed by atoms with van der Waals surface area (Å²) in [6.07, 6.45) is 1.73. The van der Waals surface area contributed by atoms with Gasteiger partial charge in [0.2, 0.25) is 15.9 Å². The maximum Gasteiger partial charge on any atom is 0.238 e. The van der Waals surface area contributed by atoms with Gasteiger partial charge in [0.05, 0.1) is 11.4 Å². The average molecular weight is 376 g/mol. The number of sulfonamides is 1. The molecule has 0 aliphatic rings. The fraction of sp³-hybridized carbons (Fsp3) is 0.316. The Morgan fingerprint density at radius 3 is 2.54 bits per heavy atom. The molecule has 140 valence electrons. The highest BCUT2D eigenvalue weighted by Gasteiger charge is 2.11. The van der Waals surface area contributed by atoms with E-state index in [0.717, 1.165) is 11.1 Å². The predicted molar refractivity (Wildman–Crippen MR) is 100 cm³/mol. The highest BCUT2D eigenvalue weighted by Crippen LogP contribution is 2.22. The van der Waals surface area contributed by atoms with Crippen LogP contribution in [-0.4, -0.2) is 27.5 Å². The van der Waals surface area contributed by atoms with Crippen LogP contribution < -0.4 is 15.2 Å². The first-order valence-electron chi connectivity index (χ1n) is 8.49. The lowest BCUT2D eigenvalue weighted by atomic mass is 10.1. The van der Waals surface area contributed by atoms with E-state index in [0.29, 0.717) is 38.2 Å². The summed E-state index contributed by atoms with van der Waals surface area (Å²) < 4.78 is 28.5. The van der Waals surface area contributed by atoms with E-state index in [9.17, 15) is 13.2 Å². The van der Waals surface area contributed by atoms with Gasteiger partial charge in [0.15, 0.2) is 0 Å². The molecule has 0 saturated heterocycles. The first kappa shape index (κ1) is 19.9. The molecule has 2 aromatic rings. The van der Waals surface area contributed by atoms with Crippen molar-refractivity contribution < 1.29 is 17.9 Å². The molecule has 0 heterocycles. The van der Waals surface area contributed by atoms with Crippen LogP contribution in [0.1, 0.15) is 24.5 Å². The molecule has 0 fully saturated rings. The third-order valence-electron chi connectivity index (χ3n) is 3.91. The standard InChI is InChI=1S/C19H24N2O4S/c1-2-16-14-17(26(20,23)24)9-10-18(16)25-13-12-21-19(22)11-8-15-6-4-3-5-7-15/h3-7,9-10,14H,2,8,11-13H2,1H3,(H,21,22)(H2,20,23,24). The van der Waals surface area contributed by atoms with E-state index in [1.165, 1.54) is 12.1 Å². The summed E-state index contributed by atoms with van der Waals surface area (Å²) in [4.78, 5) is 11.9. The Hall–Kier alpha value is -2.38. The van der Waals surface area contributed by atoms with Gasteiger partial charge in [-0.2, -0.15) is 0 Å². The molecule has 7 heteroatoms. The van der Waals surface area contributed by atoms with Gasteiger partial charge in [-0.3, -0.25) is 4.79 Å². The summed E-state index contributed by atoms with van der Waals surface area (Å²) in [7, 11) is -3.73. The van der Waals surface area contributed by atoms with E-state index in [1.807, 2.05) is 37.3 Å². The van der Waals surface area contributed by atoms with Gasteiger partial charge in [-0.1, -0.05) is 37.3 Å². The van der Waals surface area contributed by atoms with Gasteiger partial charge in [-0.05, 0) is 42.2 Å². The average Bonchev–Trinajstić information content (AvgIpc) is 2.63. The molecule has 0 radical (unpaired) electrons. The first-order valence-corrected chi connectivity index (χ1v) is 10.0. The molecular weight excluding hydrogens is 352 g/mol. The number of carbonyl (C=O) groups is 1. The Bertz CT molecular complexity index is 836. The van der Waals surface area contributed by atoms with Crippen molar-refractivity contribution >= 4 is 15.9 Å². The zero-order valence-electron chi connectivity index (χ0n) is 14.8. The smallest absolute Gasteiger partial charge is 0.238 e. The van der Waals surface area contributed by atoms with E-state index < -0.39 is 10.0 Å². The number of nitrogens with one attached hydrogen (secondary N) is 1. The summed E-state index contributed by atoms with van der Waals surface area (Å²) in [5.74, 6) is 0.566. The van der Waals surface area contributed by atoms with Gasteiger partial charge in [0.1, 0.15) is 12.4 Å². The third-order valence-corrected chi connectivity index (χ3v) is 4.82. The van der Waals surface area contributed by atoms with Gasteiger partial charge in [-0.25, -0.2) is 13.6 Å². The summed E-state index contributed by atoms with van der Waals surface area (Å²) in [5.41, 5.74) is 1.88. The van der Waals surface area contributed by atoms with E-state index in [-0.39, 0.29) is 10.8 Å². The maximum atomic E-state index is 11.9. The van der Waals surface area contributed by atoms with E-state index in [2.05, 4.69) is 5.32 Å². The fourth-order valence-electron chi connectivity index (χ4n) is 2.49. The molecule has 0 atom stereocenters. The van der Waals surface area contributed by atoms with Crippen molar-refractivity contribution in [2.45, 2.75) is 31.1 Å². The lowest BCUT2D eigenvalue weighted by Gasteiger charge is -2.12. The van der Waals surface area contributed by atoms with Gasteiger partial charge < -0.3 is 10.1 Å². The van der Waals surface area contributed by atoms with Gasteiger partial charge >= 0.3 is 0 Å². The quantitative estimate of drug-likeness (QED) is 0.654. The molecule has 26 heavy (non-hydrogen) atoms. The number of hydrogen-bond acceptors (Lipinski definition) is 4. The summed E-state index contributed by atoms with van der Waals surface area (Å²) >= 11 is 0. The van der Waals surface area contributed by atoms with Crippen molar-refractivity contribution in [2.75, 3.05) is 13.2 Å². The first-order chi connectivity index (χ1) is 12.4. The summed E-state index contributed by atoms with van der Waals surface area (Å²) in [6.45, 7) is 2.59. The van der Waals surface area contributed by atoms with Gasteiger partial charge in [0.25, 0.3) is 0 Å². The SMILES string of the molecule is CCc1cc(S(N)(=O)=O)ccc1OCCNC(=O)CCc1ccccc1. The van der Waals surface area contributed by atoms with Crippen molar-refractivity contribution in [1.29, 1.82) is 0 Å². The van der Waals surface area contributed by atoms with Crippen molar-refractivity contribution in [1.82, 2.24) is 5.32 Å². The molecule has 1 amide bonds. The Morgan fingerprint density at radius 2 is 1.88 bits per heavy atom. The Labute approximate surface area is 154 Å². The molecule has 2 aromatic carbocycles. The second-order valence-electron chi connectivity index (χ2n) is 5.85. The minimum absolute atomic E-state index is 0.0299. The van der Waals surface area contributed by atoms with Crippen LogP contribution in [0.25, 0.3) is 0 Å². The summed E-state index contributed by atoms with van der Waals surface area (Å²) in [6, 6.07) is 14.4. The molecular formula is C19H24N2O4S. The number of nitrogens with two attached hydrogens (primary N) is 1. The number of benzene rings is 2. The molecule has 0 aromatic heterocycles. The van der Waals surface area contributed by atoms with Crippen molar-refractivity contribution in [3.8, 4) is 5.75 Å². The van der Waals surface area contributed by atoms with Crippen molar-refractivity contribution in [2.24, 2.45) is 5.14 Å². The van der Waals surface area contributed by atoms with Crippen molar-refractivity contribution in [3.05, 3.63) is 59.7 Å². The number of primary sulfonamides is 1. The number of aryl methyl sites for hydroxylation is 2. The monoisotopic (exact) mass is 376 g/mol. The number of carbonyl (C=O) groups excluding carboxylic acids is 1. The molecule has 0 unspecified atom stereocenters. The normalized spacial score (nSPS) is 11.2. The Morgan fingerprint density at radius 1 is 1.15 bits per heavy atom. The topological polar surface area (TPSA) is 98.5 Å². The van der Waals surface area contributed by atoms with E-state index in [4.69, 9.17) is 9.88 Å². The minimum atomic E-state index is -3.73. The molecule has 0 bridgehead atoms. The van der Waals surface area contributed by atoms with E-state index in [1.54, 1.807) is 6.07 Å². The Kier molecular flexibility index (Phi) is 7.17. The highest BCUT2D eigenvalue weighted by molar-refractivity contribution is 7.89. The van der Waals surface area contributed by atoms with Crippen LogP contribution in [0.5, 0.6) is 5.75 Å². The molecule has 0 aliphatic carbocycles. The summed E-state index contributed by atoms with van der Waals surface area (Å²) in [5, 5.41) is 7.96. The maximum absolute atomic E-state index is 11.9. The fourth-order valence-corrected chi connectivity index (χ4v) is 3.06. The number of amides is 1. The van der Waals surface area contributed by atoms with Gasteiger partial charge in [0, 0.05) is 6.42 Å². The van der Waals surface area contributed by atoms with Crippen molar-refractivity contribution in [3.63, 3.8) is 0 Å². The van der Waals surface area contributed by atoms with E-state index >= 15 is 0 Å². The Balaban J connectivity index is 1.78. The second kappa shape index (κ2) is 9.35. The molecule has 0 spiro atoms. The largest absolute Gasteiger partial charge is 0.491 e. The lowest BCUT2D eigenvalue weighted by Crippen LogP contribution is -2.28. The van der Waals surface area contributed by atoms with Crippen LogP contribution in [0.3, 0.4) is 0 Å². The van der Waals surface area contributed by atoms with Gasteiger partial charge in [-0.15, -0.1) is 0 Å². The third kappa shape index (κ3) is 6.16. The number of rotatable bonds is 9. The minimum Gasteiger partial charge on any atom is -0.491 e. The zero-order chi connectivity index (χ0) is 19.0. The zero-order valence-corrected chi connectivity index (χ0v) is 15.6. The van der Waals surface area contributed by atoms with Crippen LogP contribution in [-0.2, 0) is 27.7 Å². The van der Waals surface area contributed by atoms with Crippen LogP contribution in [0, 0.1) is 0 Å². The second-order valence-corrected chi connectivity index (χ2v) is 7.41. The predicted octanol–water partition coefficient (Wildman–Crippen LogP) is 2.02. The number of ether oxygens (including phenoxy) is 1. The van der Waals surface area contributed by atoms with Crippen LogP contribution in [0.4, 0.5) is 0 Å². The van der Waals surface area contributed by atoms with Crippen LogP contribution >= 0.6 is 0 Å². The molecule has 0 aliphatic heterocycles. The lowest BCUT2D eigenvalue weighted by molar-refractivity contribution is -0.121.